The summed E-state index contributed by atoms with van der Waals surface area (Å²) in [6.45, 7) is 4.28. The molecule has 0 aromatic heterocycles. The zero-order chi connectivity index (χ0) is 29.0. The number of methoxy groups -OCH3 is 2. The van der Waals surface area contributed by atoms with E-state index in [2.05, 4.69) is 12.1 Å². The van der Waals surface area contributed by atoms with Gasteiger partial charge in [0.05, 0.1) is 25.8 Å². The number of fused-ring (bicyclic) bond motifs is 1. The first-order chi connectivity index (χ1) is 20.0. The van der Waals surface area contributed by atoms with Crippen LogP contribution in [-0.4, -0.2) is 68.1 Å². The molecule has 0 unspecified atom stereocenters. The molecule has 2 amide bonds. The van der Waals surface area contributed by atoms with Crippen molar-refractivity contribution < 1.29 is 23.8 Å². The molecule has 3 aromatic carbocycles. The van der Waals surface area contributed by atoms with Gasteiger partial charge in [-0.3, -0.25) is 9.59 Å². The Hall–Kier alpha value is -4.00. The number of amides is 2. The third-order valence-corrected chi connectivity index (χ3v) is 7.70. The summed E-state index contributed by atoms with van der Waals surface area (Å²) in [5.74, 6) is 1.97. The van der Waals surface area contributed by atoms with Gasteiger partial charge in [-0.25, -0.2) is 0 Å². The van der Waals surface area contributed by atoms with Crippen LogP contribution in [0.4, 0.5) is 0 Å². The normalized spacial score (nSPS) is 16.5. The Morgan fingerprint density at radius 2 is 1.61 bits per heavy atom. The Bertz CT molecular complexity index is 1280. The fourth-order valence-corrected chi connectivity index (χ4v) is 5.38. The second kappa shape index (κ2) is 15.1. The van der Waals surface area contributed by atoms with Crippen LogP contribution in [0.5, 0.6) is 17.2 Å². The van der Waals surface area contributed by atoms with Crippen LogP contribution in [0.15, 0.2) is 72.8 Å². The molecule has 218 valence electrons. The zero-order valence-electron chi connectivity index (χ0n) is 24.5. The molecule has 0 spiro atoms. The van der Waals surface area contributed by atoms with Crippen LogP contribution >= 0.6 is 0 Å². The highest BCUT2D eigenvalue weighted by Gasteiger charge is 2.26. The molecule has 7 heteroatoms. The number of rotatable bonds is 8. The highest BCUT2D eigenvalue weighted by molar-refractivity contribution is 5.97. The third kappa shape index (κ3) is 8.03. The van der Waals surface area contributed by atoms with Crippen LogP contribution in [0, 0.1) is 0 Å². The topological polar surface area (TPSA) is 68.3 Å². The van der Waals surface area contributed by atoms with Gasteiger partial charge in [-0.05, 0) is 74.4 Å². The van der Waals surface area contributed by atoms with Crippen molar-refractivity contribution in [3.8, 4) is 17.2 Å². The van der Waals surface area contributed by atoms with Crippen LogP contribution in [0.2, 0.25) is 0 Å². The lowest BCUT2D eigenvalue weighted by Crippen LogP contribution is -2.45. The molecule has 1 heterocycles. The van der Waals surface area contributed by atoms with Crippen molar-refractivity contribution in [1.82, 2.24) is 9.80 Å². The van der Waals surface area contributed by atoms with Gasteiger partial charge in [-0.2, -0.15) is 0 Å². The predicted octanol–water partition coefficient (Wildman–Crippen LogP) is 5.80. The Morgan fingerprint density at radius 1 is 0.878 bits per heavy atom. The van der Waals surface area contributed by atoms with E-state index in [1.807, 2.05) is 77.4 Å². The van der Waals surface area contributed by atoms with E-state index < -0.39 is 0 Å². The van der Waals surface area contributed by atoms with Crippen molar-refractivity contribution in [2.75, 3.05) is 40.5 Å². The second-order valence-corrected chi connectivity index (χ2v) is 10.4. The highest BCUT2D eigenvalue weighted by atomic mass is 16.5. The van der Waals surface area contributed by atoms with E-state index in [1.165, 1.54) is 0 Å². The molecule has 0 saturated heterocycles. The summed E-state index contributed by atoms with van der Waals surface area (Å²) in [7, 11) is 3.23. The van der Waals surface area contributed by atoms with E-state index in [-0.39, 0.29) is 17.9 Å². The SMILES string of the molecule is CCN1CCCCCN(C(=O)CCc2ccc(OC)c(OC)c2)[C@@H](Cc2ccccc2)COc2ccccc2C1=O. The average molecular weight is 559 g/mol. The number of para-hydroxylation sites is 1. The molecule has 3 aromatic rings. The predicted molar refractivity (Wildman–Crippen MR) is 161 cm³/mol. The fourth-order valence-electron chi connectivity index (χ4n) is 5.38. The monoisotopic (exact) mass is 558 g/mol. The third-order valence-electron chi connectivity index (χ3n) is 7.70. The van der Waals surface area contributed by atoms with Crippen molar-refractivity contribution in [1.29, 1.82) is 0 Å². The highest BCUT2D eigenvalue weighted by Crippen LogP contribution is 2.28. The second-order valence-electron chi connectivity index (χ2n) is 10.4. The number of carbonyl (C=O) groups is 2. The maximum absolute atomic E-state index is 13.9. The minimum atomic E-state index is -0.179. The minimum absolute atomic E-state index is 0.00944. The van der Waals surface area contributed by atoms with Gasteiger partial charge in [0, 0.05) is 26.1 Å². The number of hydrogen-bond acceptors (Lipinski definition) is 5. The Kier molecular flexibility index (Phi) is 11.1. The Labute approximate surface area is 244 Å². The van der Waals surface area contributed by atoms with E-state index in [4.69, 9.17) is 14.2 Å². The van der Waals surface area contributed by atoms with Gasteiger partial charge < -0.3 is 24.0 Å². The van der Waals surface area contributed by atoms with Gasteiger partial charge in [-0.1, -0.05) is 48.5 Å². The Morgan fingerprint density at radius 3 is 2.37 bits per heavy atom. The molecule has 1 aliphatic heterocycles. The molecule has 0 saturated carbocycles. The van der Waals surface area contributed by atoms with Crippen LogP contribution in [0.3, 0.4) is 0 Å². The van der Waals surface area contributed by atoms with Crippen molar-refractivity contribution in [2.24, 2.45) is 0 Å². The molecule has 0 bridgehead atoms. The maximum atomic E-state index is 13.9. The fraction of sp³-hybridized carbons (Fsp3) is 0.412. The van der Waals surface area contributed by atoms with Crippen LogP contribution in [-0.2, 0) is 17.6 Å². The summed E-state index contributed by atoms with van der Waals surface area (Å²) in [6, 6.07) is 23.3. The lowest BCUT2D eigenvalue weighted by molar-refractivity contribution is -0.134. The summed E-state index contributed by atoms with van der Waals surface area (Å²) in [5.41, 5.74) is 2.73. The maximum Gasteiger partial charge on any atom is 0.257 e. The minimum Gasteiger partial charge on any atom is -0.493 e. The average Bonchev–Trinajstić information content (AvgIpc) is 3.02. The molecule has 0 N–H and O–H groups in total. The molecule has 0 fully saturated rings. The summed E-state index contributed by atoms with van der Waals surface area (Å²) >= 11 is 0. The first-order valence-electron chi connectivity index (χ1n) is 14.6. The van der Waals surface area contributed by atoms with E-state index in [1.54, 1.807) is 14.2 Å². The van der Waals surface area contributed by atoms with E-state index in [0.29, 0.717) is 68.3 Å². The smallest absolute Gasteiger partial charge is 0.257 e. The first kappa shape index (κ1) is 30.0. The van der Waals surface area contributed by atoms with Crippen LogP contribution in [0.1, 0.15) is 54.1 Å². The summed E-state index contributed by atoms with van der Waals surface area (Å²) in [4.78, 5) is 31.2. The summed E-state index contributed by atoms with van der Waals surface area (Å²) in [6.07, 6.45) is 4.33. The van der Waals surface area contributed by atoms with E-state index in [0.717, 1.165) is 30.4 Å². The zero-order valence-corrected chi connectivity index (χ0v) is 24.5. The molecule has 7 nitrogen and oxygen atoms in total. The lowest BCUT2D eigenvalue weighted by atomic mass is 10.0. The molecule has 4 rings (SSSR count). The number of hydrogen-bond donors (Lipinski definition) is 0. The molecule has 1 aliphatic rings. The number of benzene rings is 3. The van der Waals surface area contributed by atoms with Gasteiger partial charge in [0.15, 0.2) is 11.5 Å². The first-order valence-corrected chi connectivity index (χ1v) is 14.6. The van der Waals surface area contributed by atoms with Crippen molar-refractivity contribution in [2.45, 2.75) is 51.5 Å². The number of nitrogens with zero attached hydrogens (tertiary/aromatic N) is 2. The van der Waals surface area contributed by atoms with Gasteiger partial charge in [-0.15, -0.1) is 0 Å². The molecule has 0 radical (unpaired) electrons. The number of carbonyl (C=O) groups excluding carboxylic acids is 2. The molecular formula is C34H42N2O5. The van der Waals surface area contributed by atoms with Crippen molar-refractivity contribution in [3.63, 3.8) is 0 Å². The molecule has 41 heavy (non-hydrogen) atoms. The van der Waals surface area contributed by atoms with Crippen LogP contribution in [0.25, 0.3) is 0 Å². The van der Waals surface area contributed by atoms with Crippen molar-refractivity contribution in [3.05, 3.63) is 89.5 Å². The lowest BCUT2D eigenvalue weighted by Gasteiger charge is -2.32. The largest absolute Gasteiger partial charge is 0.493 e. The quantitative estimate of drug-likeness (QED) is 0.350. The van der Waals surface area contributed by atoms with E-state index in [9.17, 15) is 9.59 Å². The number of ether oxygens (including phenoxy) is 3. The standard InChI is InChI=1S/C34H42N2O5/c1-4-35-21-11-6-12-22-36(33(37)20-18-27-17-19-31(39-2)32(24-27)40-3)28(23-26-13-7-5-8-14-26)25-41-30-16-10-9-15-29(30)34(35)38/h5,7-10,13-17,19,24,28H,4,6,11-12,18,20-23,25H2,1-3H3/t28-/m0/s1. The number of aryl methyl sites for hydroxylation is 1. The van der Waals surface area contributed by atoms with Crippen LogP contribution < -0.4 is 14.2 Å². The summed E-state index contributed by atoms with van der Waals surface area (Å²) in [5, 5.41) is 0. The summed E-state index contributed by atoms with van der Waals surface area (Å²) < 4.78 is 17.2. The van der Waals surface area contributed by atoms with E-state index >= 15 is 0 Å². The van der Waals surface area contributed by atoms with Crippen molar-refractivity contribution >= 4 is 11.8 Å². The molecular weight excluding hydrogens is 516 g/mol. The Balaban J connectivity index is 1.59. The molecule has 1 atom stereocenters. The molecule has 0 aliphatic carbocycles. The van der Waals surface area contributed by atoms with Gasteiger partial charge in [0.1, 0.15) is 12.4 Å². The van der Waals surface area contributed by atoms with Gasteiger partial charge >= 0.3 is 0 Å². The van der Waals surface area contributed by atoms with Gasteiger partial charge in [0.25, 0.3) is 5.91 Å². The van der Waals surface area contributed by atoms with Gasteiger partial charge in [0.2, 0.25) is 5.91 Å².